The van der Waals surface area contributed by atoms with Crippen LogP contribution in [0, 0.1) is 0 Å². The molecule has 1 aromatic carbocycles. The van der Waals surface area contributed by atoms with Crippen LogP contribution in [0.1, 0.15) is 51.6 Å². The van der Waals surface area contributed by atoms with E-state index in [1.807, 2.05) is 49.9 Å². The van der Waals surface area contributed by atoms with Crippen molar-refractivity contribution in [3.63, 3.8) is 0 Å². The summed E-state index contributed by atoms with van der Waals surface area (Å²) < 4.78 is 5.68. The molecule has 2 rings (SSSR count). The monoisotopic (exact) mass is 347 g/mol. The van der Waals surface area contributed by atoms with Crippen LogP contribution in [-0.2, 0) is 4.79 Å². The third kappa shape index (κ3) is 6.29. The molecule has 25 heavy (non-hydrogen) atoms. The lowest BCUT2D eigenvalue weighted by atomic mass is 10.1. The standard InChI is InChI=1S/C19H29N3O3/c1-14(2)25-17-8-6-7-16(13-17)15(3)21-19(24)20-10-9-18(23)22-11-4-5-12-22/h6-8,13-15H,4-5,9-12H2,1-3H3,(H2,20,21,24). The summed E-state index contributed by atoms with van der Waals surface area (Å²) in [6, 6.07) is 7.29. The van der Waals surface area contributed by atoms with Gasteiger partial charge in [0.05, 0.1) is 12.1 Å². The van der Waals surface area contributed by atoms with Crippen LogP contribution in [0.25, 0.3) is 0 Å². The second kappa shape index (κ2) is 9.30. The Kier molecular flexibility index (Phi) is 7.10. The lowest BCUT2D eigenvalue weighted by molar-refractivity contribution is -0.129. The predicted octanol–water partition coefficient (Wildman–Crippen LogP) is 2.85. The Bertz CT molecular complexity index is 583. The van der Waals surface area contributed by atoms with Crippen molar-refractivity contribution in [2.45, 2.75) is 52.2 Å². The van der Waals surface area contributed by atoms with E-state index in [-0.39, 0.29) is 24.1 Å². The Hall–Kier alpha value is -2.24. The molecule has 2 N–H and O–H groups in total. The minimum atomic E-state index is -0.267. The third-order valence-corrected chi connectivity index (χ3v) is 4.16. The van der Waals surface area contributed by atoms with Crippen LogP contribution in [0.15, 0.2) is 24.3 Å². The number of carbonyl (C=O) groups is 2. The van der Waals surface area contributed by atoms with Gasteiger partial charge in [-0.1, -0.05) is 12.1 Å². The van der Waals surface area contributed by atoms with Gasteiger partial charge in [0.25, 0.3) is 0 Å². The van der Waals surface area contributed by atoms with E-state index in [1.54, 1.807) is 0 Å². The van der Waals surface area contributed by atoms with Gasteiger partial charge in [-0.05, 0) is 51.3 Å². The number of benzene rings is 1. The van der Waals surface area contributed by atoms with Crippen molar-refractivity contribution in [2.24, 2.45) is 0 Å². The van der Waals surface area contributed by atoms with Crippen molar-refractivity contribution in [3.8, 4) is 5.75 Å². The molecule has 1 atom stereocenters. The zero-order valence-corrected chi connectivity index (χ0v) is 15.4. The minimum absolute atomic E-state index is 0.106. The van der Waals surface area contributed by atoms with E-state index < -0.39 is 0 Å². The van der Waals surface area contributed by atoms with E-state index in [9.17, 15) is 9.59 Å². The maximum Gasteiger partial charge on any atom is 0.315 e. The summed E-state index contributed by atoms with van der Waals surface area (Å²) in [6.07, 6.45) is 2.61. The molecule has 1 aromatic rings. The summed E-state index contributed by atoms with van der Waals surface area (Å²) in [4.78, 5) is 25.8. The third-order valence-electron chi connectivity index (χ3n) is 4.16. The van der Waals surface area contributed by atoms with Crippen molar-refractivity contribution in [1.82, 2.24) is 15.5 Å². The normalized spacial score (nSPS) is 15.1. The summed E-state index contributed by atoms with van der Waals surface area (Å²) in [5.74, 6) is 0.905. The van der Waals surface area contributed by atoms with Crippen molar-refractivity contribution >= 4 is 11.9 Å². The Morgan fingerprint density at radius 2 is 1.92 bits per heavy atom. The van der Waals surface area contributed by atoms with Gasteiger partial charge in [0.15, 0.2) is 0 Å². The number of amides is 3. The van der Waals surface area contributed by atoms with Crippen LogP contribution in [0.4, 0.5) is 4.79 Å². The van der Waals surface area contributed by atoms with Crippen LogP contribution >= 0.6 is 0 Å². The number of likely N-dealkylation sites (tertiary alicyclic amines) is 1. The molecule has 1 fully saturated rings. The van der Waals surface area contributed by atoms with Gasteiger partial charge >= 0.3 is 6.03 Å². The van der Waals surface area contributed by atoms with E-state index in [0.717, 1.165) is 37.2 Å². The molecule has 0 aromatic heterocycles. The second-order valence-electron chi connectivity index (χ2n) is 6.70. The molecule has 0 saturated carbocycles. The average molecular weight is 347 g/mol. The van der Waals surface area contributed by atoms with Gasteiger partial charge in [0.1, 0.15) is 5.75 Å². The molecular weight excluding hydrogens is 318 g/mol. The summed E-state index contributed by atoms with van der Waals surface area (Å²) in [7, 11) is 0. The molecule has 0 radical (unpaired) electrons. The summed E-state index contributed by atoms with van der Waals surface area (Å²) in [5.41, 5.74) is 0.974. The Morgan fingerprint density at radius 3 is 2.60 bits per heavy atom. The summed E-state index contributed by atoms with van der Waals surface area (Å²) in [5, 5.41) is 5.65. The maximum absolute atomic E-state index is 12.0. The molecule has 6 heteroatoms. The van der Waals surface area contributed by atoms with E-state index >= 15 is 0 Å². The van der Waals surface area contributed by atoms with Crippen LogP contribution in [0.2, 0.25) is 0 Å². The molecule has 1 saturated heterocycles. The number of nitrogens with zero attached hydrogens (tertiary/aromatic N) is 1. The molecule has 1 unspecified atom stereocenters. The quantitative estimate of drug-likeness (QED) is 0.797. The zero-order chi connectivity index (χ0) is 18.2. The van der Waals surface area contributed by atoms with Crippen LogP contribution in [0.3, 0.4) is 0 Å². The van der Waals surface area contributed by atoms with E-state index in [2.05, 4.69) is 10.6 Å². The minimum Gasteiger partial charge on any atom is -0.491 e. The molecule has 6 nitrogen and oxygen atoms in total. The fourth-order valence-electron chi connectivity index (χ4n) is 2.87. The smallest absolute Gasteiger partial charge is 0.315 e. The van der Waals surface area contributed by atoms with Gasteiger partial charge in [0, 0.05) is 26.1 Å². The van der Waals surface area contributed by atoms with Crippen molar-refractivity contribution < 1.29 is 14.3 Å². The summed E-state index contributed by atoms with van der Waals surface area (Å²) >= 11 is 0. The SMILES string of the molecule is CC(C)Oc1cccc(C(C)NC(=O)NCCC(=O)N2CCCC2)c1. The number of urea groups is 1. The van der Waals surface area contributed by atoms with Gasteiger partial charge < -0.3 is 20.3 Å². The number of ether oxygens (including phenoxy) is 1. The van der Waals surface area contributed by atoms with E-state index in [4.69, 9.17) is 4.74 Å². The largest absolute Gasteiger partial charge is 0.491 e. The average Bonchev–Trinajstić information content (AvgIpc) is 3.09. The van der Waals surface area contributed by atoms with Crippen LogP contribution < -0.4 is 15.4 Å². The van der Waals surface area contributed by atoms with Crippen molar-refractivity contribution in [2.75, 3.05) is 19.6 Å². The highest BCUT2D eigenvalue weighted by molar-refractivity contribution is 5.78. The fourth-order valence-corrected chi connectivity index (χ4v) is 2.87. The van der Waals surface area contributed by atoms with Crippen LogP contribution in [-0.4, -0.2) is 42.6 Å². The lowest BCUT2D eigenvalue weighted by Gasteiger charge is -2.18. The van der Waals surface area contributed by atoms with Crippen LogP contribution in [0.5, 0.6) is 5.75 Å². The first-order valence-electron chi connectivity index (χ1n) is 9.04. The predicted molar refractivity (Wildman–Crippen MR) is 97.6 cm³/mol. The molecule has 1 aliphatic heterocycles. The van der Waals surface area contributed by atoms with E-state index in [0.29, 0.717) is 13.0 Å². The lowest BCUT2D eigenvalue weighted by Crippen LogP contribution is -2.39. The maximum atomic E-state index is 12.0. The van der Waals surface area contributed by atoms with Gasteiger partial charge in [0.2, 0.25) is 5.91 Å². The highest BCUT2D eigenvalue weighted by Crippen LogP contribution is 2.20. The Balaban J connectivity index is 1.74. The molecule has 1 aliphatic rings. The van der Waals surface area contributed by atoms with Crippen molar-refractivity contribution in [1.29, 1.82) is 0 Å². The zero-order valence-electron chi connectivity index (χ0n) is 15.4. The van der Waals surface area contributed by atoms with Gasteiger partial charge in [-0.15, -0.1) is 0 Å². The highest BCUT2D eigenvalue weighted by Gasteiger charge is 2.17. The topological polar surface area (TPSA) is 70.7 Å². The van der Waals surface area contributed by atoms with E-state index in [1.165, 1.54) is 0 Å². The molecule has 0 spiro atoms. The highest BCUT2D eigenvalue weighted by atomic mass is 16.5. The first-order chi connectivity index (χ1) is 12.0. The molecule has 1 heterocycles. The molecule has 0 bridgehead atoms. The number of hydrogen-bond donors (Lipinski definition) is 2. The summed E-state index contributed by atoms with van der Waals surface area (Å²) in [6.45, 7) is 7.91. The van der Waals surface area contributed by atoms with Crippen molar-refractivity contribution in [3.05, 3.63) is 29.8 Å². The molecular formula is C19H29N3O3. The Morgan fingerprint density at radius 1 is 1.20 bits per heavy atom. The first-order valence-corrected chi connectivity index (χ1v) is 9.04. The van der Waals surface area contributed by atoms with Gasteiger partial charge in [-0.3, -0.25) is 4.79 Å². The molecule has 0 aliphatic carbocycles. The van der Waals surface area contributed by atoms with Gasteiger partial charge in [-0.2, -0.15) is 0 Å². The number of nitrogens with one attached hydrogen (secondary N) is 2. The first kappa shape index (κ1) is 19.1. The fraction of sp³-hybridized carbons (Fsp3) is 0.579. The number of hydrogen-bond acceptors (Lipinski definition) is 3. The number of carbonyl (C=O) groups excluding carboxylic acids is 2. The molecule has 138 valence electrons. The Labute approximate surface area is 149 Å². The molecule has 3 amide bonds. The van der Waals surface area contributed by atoms with Gasteiger partial charge in [-0.25, -0.2) is 4.79 Å². The second-order valence-corrected chi connectivity index (χ2v) is 6.70. The number of rotatable bonds is 7.